The van der Waals surface area contributed by atoms with Gasteiger partial charge in [-0.15, -0.1) is 0 Å². The minimum absolute atomic E-state index is 0.120. The third-order valence-electron chi connectivity index (χ3n) is 3.06. The molecule has 102 valence electrons. The first-order valence-electron chi connectivity index (χ1n) is 5.96. The van der Waals surface area contributed by atoms with Crippen molar-refractivity contribution in [1.82, 2.24) is 9.38 Å². The first-order chi connectivity index (χ1) is 9.54. The van der Waals surface area contributed by atoms with Crippen LogP contribution < -0.4 is 5.23 Å². The maximum atomic E-state index is 11.1. The molecule has 3 aromatic rings. The van der Waals surface area contributed by atoms with Crippen LogP contribution in [-0.4, -0.2) is 14.6 Å². The number of hydrogen-bond acceptors (Lipinski definition) is 4. The number of hydrogen-bond donors (Lipinski definition) is 1. The van der Waals surface area contributed by atoms with Gasteiger partial charge in [0.1, 0.15) is 5.65 Å². The van der Waals surface area contributed by atoms with Crippen molar-refractivity contribution in [3.63, 3.8) is 0 Å². The number of aryl methyl sites for hydroxylation is 1. The molecule has 0 saturated heterocycles. The largest absolute Gasteiger partial charge is 0.733 e. The molecule has 1 aromatic carbocycles. The second-order valence-electron chi connectivity index (χ2n) is 4.53. The predicted octanol–water partition coefficient (Wildman–Crippen LogP) is 3.61. The Balaban J connectivity index is 2.13. The van der Waals surface area contributed by atoms with E-state index in [0.717, 1.165) is 22.5 Å². The fourth-order valence-electron chi connectivity index (χ4n) is 2.04. The molecule has 1 N–H and O–H groups in total. The molecule has 3 rings (SSSR count). The number of rotatable bonds is 2. The second-order valence-corrected chi connectivity index (χ2v) is 5.70. The summed E-state index contributed by atoms with van der Waals surface area (Å²) in [6.07, 6.45) is 3.84. The standard InChI is InChI=1S/C14H11IN3O2/c1-9-4-5-17-8-12(16-14(17)6-9)10-2-3-11(15)13(7-10)18(19)20/h2-8,19H,1H3/q-1. The van der Waals surface area contributed by atoms with Crippen molar-refractivity contribution < 1.29 is 5.21 Å². The minimum atomic E-state index is -0.120. The molecule has 0 atom stereocenters. The molecular weight excluding hydrogens is 369 g/mol. The lowest BCUT2D eigenvalue weighted by atomic mass is 10.1. The average molecular weight is 380 g/mol. The van der Waals surface area contributed by atoms with Crippen LogP contribution in [0.15, 0.2) is 42.7 Å². The smallest absolute Gasteiger partial charge is 0.137 e. The Morgan fingerprint density at radius 2 is 2.10 bits per heavy atom. The van der Waals surface area contributed by atoms with Crippen LogP contribution >= 0.6 is 22.6 Å². The Labute approximate surface area is 129 Å². The van der Waals surface area contributed by atoms with Gasteiger partial charge in [0.25, 0.3) is 0 Å². The molecule has 2 heterocycles. The van der Waals surface area contributed by atoms with Crippen molar-refractivity contribution in [1.29, 1.82) is 0 Å². The molecule has 0 fully saturated rings. The Kier molecular flexibility index (Phi) is 3.36. The Hall–Kier alpha value is -1.64. The van der Waals surface area contributed by atoms with Gasteiger partial charge in [-0.3, -0.25) is 5.21 Å². The van der Waals surface area contributed by atoms with Crippen molar-refractivity contribution >= 4 is 33.9 Å². The highest BCUT2D eigenvalue weighted by Crippen LogP contribution is 2.28. The van der Waals surface area contributed by atoms with Gasteiger partial charge in [-0.1, -0.05) is 6.07 Å². The number of anilines is 1. The van der Waals surface area contributed by atoms with E-state index in [1.54, 1.807) is 12.1 Å². The van der Waals surface area contributed by atoms with Gasteiger partial charge >= 0.3 is 0 Å². The zero-order chi connectivity index (χ0) is 14.3. The molecule has 20 heavy (non-hydrogen) atoms. The molecule has 6 heteroatoms. The highest BCUT2D eigenvalue weighted by atomic mass is 127. The van der Waals surface area contributed by atoms with Crippen molar-refractivity contribution in [2.45, 2.75) is 6.92 Å². The van der Waals surface area contributed by atoms with E-state index in [1.165, 1.54) is 0 Å². The van der Waals surface area contributed by atoms with Gasteiger partial charge in [0.15, 0.2) is 0 Å². The molecule has 0 aliphatic rings. The van der Waals surface area contributed by atoms with Crippen LogP contribution in [0.1, 0.15) is 5.56 Å². The van der Waals surface area contributed by atoms with Crippen LogP contribution in [0, 0.1) is 15.7 Å². The quantitative estimate of drug-likeness (QED) is 0.545. The van der Waals surface area contributed by atoms with E-state index in [2.05, 4.69) is 4.98 Å². The Morgan fingerprint density at radius 3 is 2.85 bits per heavy atom. The van der Waals surface area contributed by atoms with Gasteiger partial charge in [0.05, 0.1) is 11.4 Å². The highest BCUT2D eigenvalue weighted by molar-refractivity contribution is 14.1. The zero-order valence-corrected chi connectivity index (χ0v) is 12.8. The summed E-state index contributed by atoms with van der Waals surface area (Å²) in [5.41, 5.74) is 3.75. The van der Waals surface area contributed by atoms with Crippen LogP contribution in [0.5, 0.6) is 0 Å². The lowest BCUT2D eigenvalue weighted by molar-refractivity contribution is 0.296. The second kappa shape index (κ2) is 5.04. The summed E-state index contributed by atoms with van der Waals surface area (Å²) >= 11 is 2.00. The van der Waals surface area contributed by atoms with E-state index < -0.39 is 0 Å². The van der Waals surface area contributed by atoms with Crippen LogP contribution in [0.4, 0.5) is 5.69 Å². The van der Waals surface area contributed by atoms with Gasteiger partial charge < -0.3 is 14.8 Å². The Morgan fingerprint density at radius 1 is 1.30 bits per heavy atom. The van der Waals surface area contributed by atoms with E-state index in [4.69, 9.17) is 5.21 Å². The third-order valence-corrected chi connectivity index (χ3v) is 3.98. The lowest BCUT2D eigenvalue weighted by Gasteiger charge is -2.23. The first kappa shape index (κ1) is 13.3. The van der Waals surface area contributed by atoms with E-state index in [9.17, 15) is 5.21 Å². The van der Waals surface area contributed by atoms with E-state index in [0.29, 0.717) is 3.57 Å². The number of fused-ring (bicyclic) bond motifs is 1. The molecular formula is C14H11IN3O2-. The normalized spacial score (nSPS) is 11.0. The van der Waals surface area contributed by atoms with Gasteiger partial charge in [-0.25, -0.2) is 4.98 Å². The summed E-state index contributed by atoms with van der Waals surface area (Å²) in [5.74, 6) is 0. The molecule has 0 aliphatic carbocycles. The predicted molar refractivity (Wildman–Crippen MR) is 85.7 cm³/mol. The monoisotopic (exact) mass is 380 g/mol. The van der Waals surface area contributed by atoms with E-state index >= 15 is 0 Å². The first-order valence-corrected chi connectivity index (χ1v) is 7.04. The van der Waals surface area contributed by atoms with Crippen molar-refractivity contribution in [3.05, 3.63) is 57.1 Å². The maximum absolute atomic E-state index is 11.1. The summed E-state index contributed by atoms with van der Waals surface area (Å²) in [4.78, 5) is 4.53. The molecule has 0 spiro atoms. The number of pyridine rings is 1. The molecule has 0 radical (unpaired) electrons. The summed E-state index contributed by atoms with van der Waals surface area (Å²) in [6.45, 7) is 2.01. The fraction of sp³-hybridized carbons (Fsp3) is 0.0714. The summed E-state index contributed by atoms with van der Waals surface area (Å²) < 4.78 is 2.61. The van der Waals surface area contributed by atoms with Crippen LogP contribution in [0.3, 0.4) is 0 Å². The third kappa shape index (κ3) is 2.37. The number of halogens is 1. The SMILES string of the molecule is Cc1ccn2cc(-c3ccc(I)c(N([O-])O)c3)nc2c1. The van der Waals surface area contributed by atoms with E-state index in [1.807, 2.05) is 64.5 Å². The number of imidazole rings is 1. The maximum Gasteiger partial charge on any atom is 0.137 e. The van der Waals surface area contributed by atoms with Crippen LogP contribution in [0.2, 0.25) is 0 Å². The van der Waals surface area contributed by atoms with Crippen LogP contribution in [-0.2, 0) is 0 Å². The Bertz CT molecular complexity index is 783. The molecule has 0 bridgehead atoms. The number of aromatic nitrogens is 2. The van der Waals surface area contributed by atoms with Crippen molar-refractivity contribution in [3.8, 4) is 11.3 Å². The van der Waals surface area contributed by atoms with Gasteiger partial charge in [-0.05, 0) is 59.3 Å². The molecule has 0 saturated carbocycles. The highest BCUT2D eigenvalue weighted by Gasteiger charge is 2.08. The lowest BCUT2D eigenvalue weighted by Crippen LogP contribution is -2.08. The topological polar surface area (TPSA) is 63.8 Å². The summed E-state index contributed by atoms with van der Waals surface area (Å²) in [7, 11) is 0. The van der Waals surface area contributed by atoms with Crippen LogP contribution in [0.25, 0.3) is 16.9 Å². The fourth-order valence-corrected chi connectivity index (χ4v) is 2.58. The van der Waals surface area contributed by atoms with E-state index in [-0.39, 0.29) is 10.9 Å². The molecule has 0 unspecified atom stereocenters. The number of benzene rings is 1. The zero-order valence-electron chi connectivity index (χ0n) is 10.6. The molecule has 2 aromatic heterocycles. The molecule has 0 aliphatic heterocycles. The molecule has 0 amide bonds. The minimum Gasteiger partial charge on any atom is -0.733 e. The van der Waals surface area contributed by atoms with Gasteiger partial charge in [-0.2, -0.15) is 0 Å². The average Bonchev–Trinajstić information content (AvgIpc) is 2.81. The summed E-state index contributed by atoms with van der Waals surface area (Å²) in [6, 6.07) is 9.28. The van der Waals surface area contributed by atoms with Gasteiger partial charge in [0.2, 0.25) is 0 Å². The number of nitrogens with zero attached hydrogens (tertiary/aromatic N) is 3. The summed E-state index contributed by atoms with van der Waals surface area (Å²) in [5, 5.41) is 20.1. The van der Waals surface area contributed by atoms with Crippen molar-refractivity contribution in [2.24, 2.45) is 0 Å². The van der Waals surface area contributed by atoms with Crippen molar-refractivity contribution in [2.75, 3.05) is 5.23 Å². The molecule has 5 nitrogen and oxygen atoms in total. The van der Waals surface area contributed by atoms with Gasteiger partial charge in [0, 0.05) is 21.5 Å².